The number of benzene rings is 1. The first-order valence-corrected chi connectivity index (χ1v) is 11.4. The molecule has 4 rings (SSSR count). The molecule has 3 heterocycles. The van der Waals surface area contributed by atoms with Crippen molar-refractivity contribution >= 4 is 51.8 Å². The highest BCUT2D eigenvalue weighted by Crippen LogP contribution is 2.24. The Morgan fingerprint density at radius 3 is 2.40 bits per heavy atom. The molecule has 1 aliphatic heterocycles. The molecule has 2 aromatic heterocycles. The van der Waals surface area contributed by atoms with Crippen molar-refractivity contribution in [3.63, 3.8) is 0 Å². The van der Waals surface area contributed by atoms with E-state index in [4.69, 9.17) is 0 Å². The highest BCUT2D eigenvalue weighted by molar-refractivity contribution is 7.12. The van der Waals surface area contributed by atoms with Crippen molar-refractivity contribution in [2.75, 3.05) is 17.2 Å². The zero-order valence-electron chi connectivity index (χ0n) is 16.2. The number of rotatable bonds is 6. The molecule has 8 heteroatoms. The van der Waals surface area contributed by atoms with Crippen LogP contribution in [0.1, 0.15) is 33.0 Å². The third kappa shape index (κ3) is 4.95. The summed E-state index contributed by atoms with van der Waals surface area (Å²) >= 11 is 3.11. The quantitative estimate of drug-likeness (QED) is 0.599. The van der Waals surface area contributed by atoms with Gasteiger partial charge in [-0.05, 0) is 59.1 Å². The van der Waals surface area contributed by atoms with E-state index >= 15 is 0 Å². The number of carbonyl (C=O) groups excluding carboxylic acids is 3. The highest BCUT2D eigenvalue weighted by atomic mass is 32.1. The van der Waals surface area contributed by atoms with Crippen LogP contribution in [-0.2, 0) is 22.6 Å². The second-order valence-corrected chi connectivity index (χ2v) is 8.94. The summed E-state index contributed by atoms with van der Waals surface area (Å²) in [4.78, 5) is 40.6. The first kappa shape index (κ1) is 20.3. The summed E-state index contributed by atoms with van der Waals surface area (Å²) in [6.07, 6.45) is 1.23. The van der Waals surface area contributed by atoms with E-state index in [0.717, 1.165) is 6.42 Å². The predicted octanol–water partition coefficient (Wildman–Crippen LogP) is 4.37. The normalized spacial score (nSPS) is 12.9. The molecule has 0 bridgehead atoms. The number of nitrogens with one attached hydrogen (secondary N) is 2. The van der Waals surface area contributed by atoms with Gasteiger partial charge in [-0.3, -0.25) is 14.4 Å². The Balaban J connectivity index is 1.23. The fourth-order valence-electron chi connectivity index (χ4n) is 3.30. The van der Waals surface area contributed by atoms with Crippen molar-refractivity contribution in [1.29, 1.82) is 0 Å². The van der Waals surface area contributed by atoms with Gasteiger partial charge in [0, 0.05) is 42.2 Å². The summed E-state index contributed by atoms with van der Waals surface area (Å²) < 4.78 is 0. The third-order valence-corrected chi connectivity index (χ3v) is 6.79. The summed E-state index contributed by atoms with van der Waals surface area (Å²) in [6.45, 7) is 1.35. The van der Waals surface area contributed by atoms with Gasteiger partial charge in [0.05, 0.1) is 4.88 Å². The SMILES string of the molecule is O=C(CCC(=O)N1CCc2sccc2C1)Nc1ccc(NC(=O)c2cccs2)cc1. The van der Waals surface area contributed by atoms with Gasteiger partial charge < -0.3 is 15.5 Å². The van der Waals surface area contributed by atoms with Gasteiger partial charge in [0.1, 0.15) is 0 Å². The first-order chi connectivity index (χ1) is 14.6. The Kier molecular flexibility index (Phi) is 6.25. The van der Waals surface area contributed by atoms with Gasteiger partial charge in [-0.1, -0.05) is 6.07 Å². The predicted molar refractivity (Wildman–Crippen MR) is 120 cm³/mol. The second kappa shape index (κ2) is 9.23. The highest BCUT2D eigenvalue weighted by Gasteiger charge is 2.21. The molecule has 0 saturated heterocycles. The van der Waals surface area contributed by atoms with Gasteiger partial charge >= 0.3 is 0 Å². The maximum absolute atomic E-state index is 12.4. The smallest absolute Gasteiger partial charge is 0.265 e. The van der Waals surface area contributed by atoms with Crippen molar-refractivity contribution in [1.82, 2.24) is 4.90 Å². The fourth-order valence-corrected chi connectivity index (χ4v) is 4.81. The maximum atomic E-state index is 12.4. The van der Waals surface area contributed by atoms with Crippen molar-refractivity contribution in [2.45, 2.75) is 25.8 Å². The molecule has 0 spiro atoms. The van der Waals surface area contributed by atoms with Crippen molar-refractivity contribution in [3.8, 4) is 0 Å². The van der Waals surface area contributed by atoms with Gasteiger partial charge in [0.2, 0.25) is 11.8 Å². The van der Waals surface area contributed by atoms with Crippen LogP contribution in [0.25, 0.3) is 0 Å². The Labute approximate surface area is 182 Å². The summed E-state index contributed by atoms with van der Waals surface area (Å²) in [5, 5.41) is 9.53. The van der Waals surface area contributed by atoms with E-state index in [9.17, 15) is 14.4 Å². The van der Waals surface area contributed by atoms with E-state index in [2.05, 4.69) is 22.1 Å². The summed E-state index contributed by atoms with van der Waals surface area (Å²) in [5.74, 6) is -0.354. The molecule has 0 radical (unpaired) electrons. The Morgan fingerprint density at radius 1 is 0.900 bits per heavy atom. The molecule has 3 aromatic rings. The second-order valence-electron chi connectivity index (χ2n) is 6.99. The lowest BCUT2D eigenvalue weighted by molar-refractivity contribution is -0.133. The Hall–Kier alpha value is -2.97. The first-order valence-electron chi connectivity index (χ1n) is 9.66. The summed E-state index contributed by atoms with van der Waals surface area (Å²) in [6, 6.07) is 12.6. The van der Waals surface area contributed by atoms with Gasteiger partial charge in [0.25, 0.3) is 5.91 Å². The lowest BCUT2D eigenvalue weighted by Gasteiger charge is -2.27. The van der Waals surface area contributed by atoms with Crippen molar-refractivity contribution < 1.29 is 14.4 Å². The van der Waals surface area contributed by atoms with Gasteiger partial charge in [0.15, 0.2) is 0 Å². The number of hydrogen-bond acceptors (Lipinski definition) is 5. The molecule has 1 aromatic carbocycles. The van der Waals surface area contributed by atoms with Crippen LogP contribution in [0.3, 0.4) is 0 Å². The van der Waals surface area contributed by atoms with Gasteiger partial charge in [-0.2, -0.15) is 0 Å². The lowest BCUT2D eigenvalue weighted by atomic mass is 10.1. The van der Waals surface area contributed by atoms with E-state index in [1.165, 1.54) is 21.8 Å². The molecule has 0 fully saturated rings. The molecule has 30 heavy (non-hydrogen) atoms. The molecule has 154 valence electrons. The van der Waals surface area contributed by atoms with Crippen molar-refractivity contribution in [2.24, 2.45) is 0 Å². The Morgan fingerprint density at radius 2 is 1.67 bits per heavy atom. The maximum Gasteiger partial charge on any atom is 0.265 e. The van der Waals surface area contributed by atoms with E-state index in [-0.39, 0.29) is 30.6 Å². The van der Waals surface area contributed by atoms with Crippen LogP contribution < -0.4 is 10.6 Å². The van der Waals surface area contributed by atoms with Crippen LogP contribution in [0.4, 0.5) is 11.4 Å². The molecule has 0 aliphatic carbocycles. The molecule has 0 saturated carbocycles. The van der Waals surface area contributed by atoms with Crippen LogP contribution in [-0.4, -0.2) is 29.2 Å². The van der Waals surface area contributed by atoms with Crippen LogP contribution >= 0.6 is 22.7 Å². The number of nitrogens with zero attached hydrogens (tertiary/aromatic N) is 1. The van der Waals surface area contributed by atoms with E-state index in [1.54, 1.807) is 41.7 Å². The van der Waals surface area contributed by atoms with E-state index in [1.807, 2.05) is 16.3 Å². The van der Waals surface area contributed by atoms with Crippen LogP contribution in [0.2, 0.25) is 0 Å². The zero-order valence-corrected chi connectivity index (χ0v) is 17.9. The number of thiophene rings is 2. The summed E-state index contributed by atoms with van der Waals surface area (Å²) in [5.41, 5.74) is 2.50. The van der Waals surface area contributed by atoms with Gasteiger partial charge in [-0.25, -0.2) is 0 Å². The van der Waals surface area contributed by atoms with Gasteiger partial charge in [-0.15, -0.1) is 22.7 Å². The van der Waals surface area contributed by atoms with Crippen LogP contribution in [0.15, 0.2) is 53.2 Å². The number of anilines is 2. The topological polar surface area (TPSA) is 78.5 Å². The molecule has 1 aliphatic rings. The standard InChI is InChI=1S/C22H21N3O3S2/c26-20(7-8-21(27)25-11-9-18-15(14-25)10-13-30-18)23-16-3-5-17(6-4-16)24-22(28)19-2-1-12-29-19/h1-6,10,12-13H,7-9,11,14H2,(H,23,26)(H,24,28). The van der Waals surface area contributed by atoms with Crippen molar-refractivity contribution in [3.05, 3.63) is 68.5 Å². The minimum Gasteiger partial charge on any atom is -0.338 e. The number of hydrogen-bond donors (Lipinski definition) is 2. The Bertz CT molecular complexity index is 1040. The lowest BCUT2D eigenvalue weighted by Crippen LogP contribution is -2.35. The molecular weight excluding hydrogens is 418 g/mol. The number of amides is 3. The molecule has 0 atom stereocenters. The molecule has 0 unspecified atom stereocenters. The largest absolute Gasteiger partial charge is 0.338 e. The molecule has 2 N–H and O–H groups in total. The molecule has 3 amide bonds. The third-order valence-electron chi connectivity index (χ3n) is 4.90. The van der Waals surface area contributed by atoms with E-state index in [0.29, 0.717) is 29.3 Å². The molecular formula is C22H21N3O3S2. The van der Waals surface area contributed by atoms with Crippen LogP contribution in [0, 0.1) is 0 Å². The zero-order chi connectivity index (χ0) is 20.9. The molecule has 6 nitrogen and oxygen atoms in total. The fraction of sp³-hybridized carbons (Fsp3) is 0.227. The minimum absolute atomic E-state index is 0.00800. The number of carbonyl (C=O) groups is 3. The number of fused-ring (bicyclic) bond motifs is 1. The average Bonchev–Trinajstić information content (AvgIpc) is 3.45. The average molecular weight is 440 g/mol. The summed E-state index contributed by atoms with van der Waals surface area (Å²) in [7, 11) is 0. The van der Waals surface area contributed by atoms with E-state index < -0.39 is 0 Å². The monoisotopic (exact) mass is 439 g/mol. The van der Waals surface area contributed by atoms with Crippen LogP contribution in [0.5, 0.6) is 0 Å². The minimum atomic E-state index is -0.202.